The molecule has 0 unspecified atom stereocenters. The number of furan rings is 1. The van der Waals surface area contributed by atoms with Gasteiger partial charge in [0.15, 0.2) is 22.3 Å². The number of nitrogens with zero attached hydrogens (tertiary/aromatic N) is 6. The smallest absolute Gasteiger partial charge is 0.227 e. The van der Waals surface area contributed by atoms with Crippen molar-refractivity contribution in [1.82, 2.24) is 19.9 Å². The molecule has 0 spiro atoms. The fourth-order valence-corrected chi connectivity index (χ4v) is 13.4. The van der Waals surface area contributed by atoms with E-state index in [-0.39, 0.29) is 0 Å². The molecular weight excluding hydrogens is 1110 g/mol. The third kappa shape index (κ3) is 8.33. The molecule has 0 saturated heterocycles. The zero-order chi connectivity index (χ0) is 57.8. The third-order valence-electron chi connectivity index (χ3n) is 16.4. The number of oxazole rings is 4. The molecule has 0 bridgehead atoms. The maximum atomic E-state index is 6.57. The Labute approximate surface area is 504 Å². The molecule has 0 saturated carbocycles. The van der Waals surface area contributed by atoms with Gasteiger partial charge in [-0.15, -0.1) is 11.3 Å². The summed E-state index contributed by atoms with van der Waals surface area (Å²) in [6.07, 6.45) is 0. The van der Waals surface area contributed by atoms with Crippen molar-refractivity contribution in [2.24, 2.45) is 0 Å². The number of para-hydroxylation sites is 9. The molecule has 0 aliphatic carbocycles. The highest BCUT2D eigenvalue weighted by atomic mass is 32.1. The van der Waals surface area contributed by atoms with Crippen molar-refractivity contribution in [2.45, 2.75) is 0 Å². The summed E-state index contributed by atoms with van der Waals surface area (Å²) in [7, 11) is 0. The van der Waals surface area contributed by atoms with Crippen LogP contribution < -0.4 is 9.80 Å². The predicted molar refractivity (Wildman–Crippen MR) is 353 cm³/mol. The number of aromatic nitrogens is 4. The van der Waals surface area contributed by atoms with Crippen molar-refractivity contribution in [3.8, 4) is 56.9 Å². The van der Waals surface area contributed by atoms with E-state index in [1.165, 1.54) is 0 Å². The van der Waals surface area contributed by atoms with Gasteiger partial charge in [0.1, 0.15) is 33.2 Å². The van der Waals surface area contributed by atoms with Gasteiger partial charge in [-0.05, 0) is 199 Å². The number of fused-ring (bicyclic) bond motifs is 10. The molecule has 0 aliphatic heterocycles. The lowest BCUT2D eigenvalue weighted by molar-refractivity contribution is 0.619. The molecule has 0 aliphatic rings. The van der Waals surface area contributed by atoms with Gasteiger partial charge in [-0.1, -0.05) is 78.9 Å². The molecular formula is C76H44N6O5S. The quantitative estimate of drug-likeness (QED) is 0.123. The van der Waals surface area contributed by atoms with Crippen molar-refractivity contribution in [1.29, 1.82) is 0 Å². The summed E-state index contributed by atoms with van der Waals surface area (Å²) in [6, 6.07) is 91.3. The molecule has 18 aromatic rings. The van der Waals surface area contributed by atoms with Crippen LogP contribution in [0.15, 0.2) is 289 Å². The molecule has 0 N–H and O–H groups in total. The van der Waals surface area contributed by atoms with E-state index in [9.17, 15) is 0 Å². The molecule has 12 aromatic carbocycles. The molecule has 11 nitrogen and oxygen atoms in total. The van der Waals surface area contributed by atoms with E-state index in [4.69, 9.17) is 42.0 Å². The van der Waals surface area contributed by atoms with E-state index < -0.39 is 0 Å². The summed E-state index contributed by atoms with van der Waals surface area (Å²) in [4.78, 5) is 24.0. The van der Waals surface area contributed by atoms with Crippen molar-refractivity contribution >= 4 is 132 Å². The fourth-order valence-electron chi connectivity index (χ4n) is 12.2. The first-order valence-electron chi connectivity index (χ1n) is 28.9. The Hall–Kier alpha value is -11.9. The van der Waals surface area contributed by atoms with Crippen LogP contribution in [0.4, 0.5) is 34.1 Å². The zero-order valence-corrected chi connectivity index (χ0v) is 47.4. The second-order valence-electron chi connectivity index (χ2n) is 21.7. The summed E-state index contributed by atoms with van der Waals surface area (Å²) in [6.45, 7) is 0. The Morgan fingerprint density at radius 3 is 1.12 bits per heavy atom. The van der Waals surface area contributed by atoms with Gasteiger partial charge in [0.2, 0.25) is 23.6 Å². The van der Waals surface area contributed by atoms with Crippen LogP contribution in [0, 0.1) is 0 Å². The highest BCUT2D eigenvalue weighted by molar-refractivity contribution is 7.26. The second-order valence-corrected chi connectivity index (χ2v) is 22.8. The Balaban J connectivity index is 0.837. The first-order chi connectivity index (χ1) is 43.5. The van der Waals surface area contributed by atoms with Gasteiger partial charge in [0.05, 0.1) is 10.4 Å². The summed E-state index contributed by atoms with van der Waals surface area (Å²) >= 11 is 1.77. The number of hydrogen-bond acceptors (Lipinski definition) is 12. The molecule has 18 rings (SSSR count). The van der Waals surface area contributed by atoms with Crippen molar-refractivity contribution in [3.05, 3.63) is 267 Å². The number of thiophene rings is 1. The van der Waals surface area contributed by atoms with Crippen LogP contribution in [-0.2, 0) is 0 Å². The van der Waals surface area contributed by atoms with Gasteiger partial charge in [0.25, 0.3) is 0 Å². The first kappa shape index (κ1) is 49.6. The third-order valence-corrected chi connectivity index (χ3v) is 17.6. The Morgan fingerprint density at radius 1 is 0.273 bits per heavy atom. The molecule has 6 heterocycles. The summed E-state index contributed by atoms with van der Waals surface area (Å²) < 4.78 is 33.9. The molecule has 12 heteroatoms. The maximum Gasteiger partial charge on any atom is 0.227 e. The number of anilines is 6. The molecule has 414 valence electrons. The minimum absolute atomic E-state index is 0.555. The molecule has 0 atom stereocenters. The minimum atomic E-state index is 0.555. The zero-order valence-electron chi connectivity index (χ0n) is 46.5. The highest BCUT2D eigenvalue weighted by Crippen LogP contribution is 2.50. The topological polar surface area (TPSA) is 124 Å². The van der Waals surface area contributed by atoms with Crippen LogP contribution in [0.25, 0.3) is 143 Å². The lowest BCUT2D eigenvalue weighted by Crippen LogP contribution is -2.10. The van der Waals surface area contributed by atoms with E-state index in [0.717, 1.165) is 154 Å². The predicted octanol–water partition coefficient (Wildman–Crippen LogP) is 21.8. The second kappa shape index (κ2) is 19.9. The largest absolute Gasteiger partial charge is 0.456 e. The average molecular weight is 1150 g/mol. The Kier molecular flexibility index (Phi) is 11.2. The van der Waals surface area contributed by atoms with Gasteiger partial charge in [-0.2, -0.15) is 0 Å². The van der Waals surface area contributed by atoms with E-state index in [1.807, 2.05) is 109 Å². The molecule has 6 aromatic heterocycles. The fraction of sp³-hybridized carbons (Fsp3) is 0. The van der Waals surface area contributed by atoms with Crippen LogP contribution in [0.5, 0.6) is 0 Å². The number of benzene rings is 12. The molecule has 0 fully saturated rings. The van der Waals surface area contributed by atoms with Gasteiger partial charge < -0.3 is 31.9 Å². The SMILES string of the molecule is c1ccc2oc(-c3ccc(N(c4ccc(-c5nc6ccccc6o5)cc4)c4ccc5sc6c(N(c7ccc(-c8nc9ccccc9o8)cc7)c7ccc(-c8nc9ccccc9o8)cc7)cc(-c7cccc8oc9ccccc9c78)cc6c5c4)cc3)nc2c1. The van der Waals surface area contributed by atoms with Crippen LogP contribution in [0.2, 0.25) is 0 Å². The first-order valence-corrected chi connectivity index (χ1v) is 29.7. The normalized spacial score (nSPS) is 11.9. The van der Waals surface area contributed by atoms with Crippen LogP contribution >= 0.6 is 11.3 Å². The summed E-state index contributed by atoms with van der Waals surface area (Å²) in [5, 5.41) is 4.29. The van der Waals surface area contributed by atoms with E-state index in [2.05, 4.69) is 168 Å². The molecule has 0 radical (unpaired) electrons. The van der Waals surface area contributed by atoms with E-state index >= 15 is 0 Å². The van der Waals surface area contributed by atoms with Crippen LogP contribution in [-0.4, -0.2) is 19.9 Å². The van der Waals surface area contributed by atoms with Gasteiger partial charge in [-0.25, -0.2) is 19.9 Å². The lowest BCUT2D eigenvalue weighted by atomic mass is 9.96. The van der Waals surface area contributed by atoms with Gasteiger partial charge in [-0.3, -0.25) is 0 Å². The Bertz CT molecular complexity index is 5350. The van der Waals surface area contributed by atoms with E-state index in [0.29, 0.717) is 23.6 Å². The monoisotopic (exact) mass is 1150 g/mol. The average Bonchev–Trinajstić information content (AvgIpc) is 2.32. The van der Waals surface area contributed by atoms with Crippen LogP contribution in [0.3, 0.4) is 0 Å². The standard InChI is InChI=1S/C76H44N6O5S/c1-6-18-64-56(12-1)71-55(13-11-23-69(71)83-64)49-42-58-57-44-54(81(50-32-24-45(25-33-50)73-77-59-14-2-7-19-65(59)84-73)51-34-26-46(27-35-51)74-78-60-15-3-8-20-66(60)85-74)40-41-70(57)88-72(58)63(43-49)82(52-36-28-47(29-37-52)75-79-61-16-4-9-21-67(61)86-75)53-38-30-48(31-39-53)76-80-62-17-5-10-22-68(62)87-76/h1-44H. The highest BCUT2D eigenvalue weighted by Gasteiger charge is 2.25. The number of hydrogen-bond donors (Lipinski definition) is 0. The Morgan fingerprint density at radius 2 is 0.670 bits per heavy atom. The summed E-state index contributed by atoms with van der Waals surface area (Å²) in [5.74, 6) is 2.23. The lowest BCUT2D eigenvalue weighted by Gasteiger charge is -2.27. The van der Waals surface area contributed by atoms with Gasteiger partial charge >= 0.3 is 0 Å². The van der Waals surface area contributed by atoms with Crippen LogP contribution in [0.1, 0.15) is 0 Å². The van der Waals surface area contributed by atoms with E-state index in [1.54, 1.807) is 11.3 Å². The minimum Gasteiger partial charge on any atom is -0.456 e. The van der Waals surface area contributed by atoms with Crippen molar-refractivity contribution in [2.75, 3.05) is 9.80 Å². The molecule has 88 heavy (non-hydrogen) atoms. The van der Waals surface area contributed by atoms with Gasteiger partial charge in [0, 0.05) is 76.9 Å². The molecule has 0 amide bonds. The number of rotatable bonds is 11. The van der Waals surface area contributed by atoms with Crippen molar-refractivity contribution in [3.63, 3.8) is 0 Å². The maximum absolute atomic E-state index is 6.57. The summed E-state index contributed by atoms with van der Waals surface area (Å²) in [5.41, 5.74) is 19.1. The van der Waals surface area contributed by atoms with Crippen molar-refractivity contribution < 1.29 is 22.1 Å².